The van der Waals surface area contributed by atoms with Crippen molar-refractivity contribution in [1.29, 1.82) is 0 Å². The maximum absolute atomic E-state index is 12.5. The van der Waals surface area contributed by atoms with Crippen LogP contribution in [0.1, 0.15) is 30.4 Å². The lowest BCUT2D eigenvalue weighted by Gasteiger charge is -2.35. The van der Waals surface area contributed by atoms with Crippen molar-refractivity contribution in [3.8, 4) is 5.75 Å². The van der Waals surface area contributed by atoms with Crippen LogP contribution >= 0.6 is 43.2 Å². The fourth-order valence-corrected chi connectivity index (χ4v) is 4.55. The zero-order valence-electron chi connectivity index (χ0n) is 16.0. The SMILES string of the molecule is COC(=O)c1sc(Br)c(Br)c1OCC(=O)N1CCN(C(=O)OC(C)(C)C)CC1. The minimum Gasteiger partial charge on any atom is -0.481 e. The van der Waals surface area contributed by atoms with Gasteiger partial charge in [0, 0.05) is 26.2 Å². The van der Waals surface area contributed by atoms with E-state index in [0.29, 0.717) is 34.4 Å². The van der Waals surface area contributed by atoms with Gasteiger partial charge in [0.15, 0.2) is 17.2 Å². The van der Waals surface area contributed by atoms with Gasteiger partial charge in [0.2, 0.25) is 0 Å². The molecular formula is C17H22Br2N2O6S. The van der Waals surface area contributed by atoms with Gasteiger partial charge in [-0.25, -0.2) is 9.59 Å². The first-order valence-corrected chi connectivity index (χ1v) is 10.9. The molecule has 0 saturated carbocycles. The van der Waals surface area contributed by atoms with E-state index in [1.807, 2.05) is 20.8 Å². The number of ether oxygens (including phenoxy) is 3. The molecule has 1 aromatic rings. The lowest BCUT2D eigenvalue weighted by Crippen LogP contribution is -2.52. The third-order valence-electron chi connectivity index (χ3n) is 3.76. The summed E-state index contributed by atoms with van der Waals surface area (Å²) in [6, 6.07) is 0. The van der Waals surface area contributed by atoms with Gasteiger partial charge >= 0.3 is 12.1 Å². The van der Waals surface area contributed by atoms with Crippen LogP contribution in [0.2, 0.25) is 0 Å². The first kappa shape index (κ1) is 23.0. The van der Waals surface area contributed by atoms with Crippen molar-refractivity contribution in [1.82, 2.24) is 9.80 Å². The van der Waals surface area contributed by atoms with E-state index in [2.05, 4.69) is 31.9 Å². The molecule has 0 N–H and O–H groups in total. The molecule has 0 bridgehead atoms. The van der Waals surface area contributed by atoms with Crippen molar-refractivity contribution >= 4 is 61.2 Å². The van der Waals surface area contributed by atoms with Gasteiger partial charge < -0.3 is 24.0 Å². The quantitative estimate of drug-likeness (QED) is 0.542. The molecule has 11 heteroatoms. The molecule has 156 valence electrons. The lowest BCUT2D eigenvalue weighted by atomic mass is 10.2. The van der Waals surface area contributed by atoms with Gasteiger partial charge in [-0.3, -0.25) is 4.79 Å². The standard InChI is InChI=1S/C17H22Br2N2O6S/c1-17(2,3)27-16(24)21-7-5-20(6-8-21)10(22)9-26-12-11(18)14(19)28-13(12)15(23)25-4/h5-9H2,1-4H3. The first-order valence-electron chi connectivity index (χ1n) is 8.48. The average Bonchev–Trinajstić information content (AvgIpc) is 2.92. The number of carbonyl (C=O) groups excluding carboxylic acids is 3. The largest absolute Gasteiger partial charge is 0.481 e. The van der Waals surface area contributed by atoms with Crippen LogP contribution in [0, 0.1) is 0 Å². The number of halogens is 2. The molecule has 28 heavy (non-hydrogen) atoms. The molecule has 0 spiro atoms. The van der Waals surface area contributed by atoms with E-state index in [0.717, 1.165) is 11.3 Å². The second-order valence-corrected chi connectivity index (χ2v) is 10.1. The number of carbonyl (C=O) groups is 3. The fourth-order valence-electron chi connectivity index (χ4n) is 2.42. The number of esters is 1. The van der Waals surface area contributed by atoms with E-state index in [9.17, 15) is 14.4 Å². The Kier molecular flexibility index (Phi) is 7.74. The maximum atomic E-state index is 12.5. The lowest BCUT2D eigenvalue weighted by molar-refractivity contribution is -0.135. The molecule has 2 amide bonds. The predicted octanol–water partition coefficient (Wildman–Crippen LogP) is 3.52. The van der Waals surface area contributed by atoms with Gasteiger partial charge in [-0.15, -0.1) is 11.3 Å². The third-order valence-corrected chi connectivity index (χ3v) is 7.14. The number of rotatable bonds is 4. The summed E-state index contributed by atoms with van der Waals surface area (Å²) in [5, 5.41) is 0. The highest BCUT2D eigenvalue weighted by molar-refractivity contribution is 9.13. The van der Waals surface area contributed by atoms with Gasteiger partial charge in [0.25, 0.3) is 5.91 Å². The zero-order chi connectivity index (χ0) is 21.1. The number of hydrogen-bond acceptors (Lipinski definition) is 7. The number of piperazine rings is 1. The summed E-state index contributed by atoms with van der Waals surface area (Å²) in [6.45, 7) is 6.77. The van der Waals surface area contributed by atoms with Crippen LogP contribution in [-0.4, -0.2) is 73.3 Å². The van der Waals surface area contributed by atoms with Crippen LogP contribution in [0.4, 0.5) is 4.79 Å². The van der Waals surface area contributed by atoms with Crippen LogP contribution in [0.3, 0.4) is 0 Å². The number of nitrogens with zero attached hydrogens (tertiary/aromatic N) is 2. The molecule has 1 aliphatic rings. The van der Waals surface area contributed by atoms with Crippen molar-refractivity contribution in [2.45, 2.75) is 26.4 Å². The molecule has 0 unspecified atom stereocenters. The van der Waals surface area contributed by atoms with E-state index < -0.39 is 11.6 Å². The monoisotopic (exact) mass is 540 g/mol. The molecule has 0 aromatic carbocycles. The number of methoxy groups -OCH3 is 1. The van der Waals surface area contributed by atoms with Crippen LogP contribution in [0.25, 0.3) is 0 Å². The Bertz CT molecular complexity index is 754. The summed E-state index contributed by atoms with van der Waals surface area (Å²) in [6.07, 6.45) is -0.384. The highest BCUT2D eigenvalue weighted by atomic mass is 79.9. The second kappa shape index (κ2) is 9.45. The van der Waals surface area contributed by atoms with E-state index >= 15 is 0 Å². The summed E-state index contributed by atoms with van der Waals surface area (Å²) >= 11 is 7.82. The van der Waals surface area contributed by atoms with Gasteiger partial charge in [0.05, 0.1) is 15.4 Å². The molecule has 0 radical (unpaired) electrons. The molecule has 0 atom stereocenters. The van der Waals surface area contributed by atoms with E-state index in [1.165, 1.54) is 7.11 Å². The van der Waals surface area contributed by atoms with Crippen LogP contribution in [0.5, 0.6) is 5.75 Å². The summed E-state index contributed by atoms with van der Waals surface area (Å²) in [4.78, 5) is 39.9. The van der Waals surface area contributed by atoms with Crippen molar-refractivity contribution in [3.63, 3.8) is 0 Å². The Hall–Kier alpha value is -1.33. The molecular weight excluding hydrogens is 520 g/mol. The van der Waals surface area contributed by atoms with E-state index in [1.54, 1.807) is 9.80 Å². The number of hydrogen-bond donors (Lipinski definition) is 0. The van der Waals surface area contributed by atoms with Crippen LogP contribution in [-0.2, 0) is 14.3 Å². The summed E-state index contributed by atoms with van der Waals surface area (Å²) in [5.41, 5.74) is -0.558. The van der Waals surface area contributed by atoms with Crippen molar-refractivity contribution in [2.24, 2.45) is 0 Å². The average molecular weight is 542 g/mol. The molecule has 2 rings (SSSR count). The second-order valence-electron chi connectivity index (χ2n) is 6.98. The minimum atomic E-state index is -0.558. The smallest absolute Gasteiger partial charge is 0.410 e. The molecule has 1 aliphatic heterocycles. The Balaban J connectivity index is 1.91. The Labute approximate surface area is 184 Å². The van der Waals surface area contributed by atoms with Gasteiger partial charge in [-0.2, -0.15) is 0 Å². The minimum absolute atomic E-state index is 0.224. The zero-order valence-corrected chi connectivity index (χ0v) is 20.0. The normalized spacial score (nSPS) is 14.6. The van der Waals surface area contributed by atoms with Gasteiger partial charge in [-0.1, -0.05) is 0 Å². The first-order chi connectivity index (χ1) is 13.0. The van der Waals surface area contributed by atoms with E-state index in [4.69, 9.17) is 14.2 Å². The van der Waals surface area contributed by atoms with E-state index in [-0.39, 0.29) is 29.2 Å². The summed E-state index contributed by atoms with van der Waals surface area (Å²) < 4.78 is 16.9. The highest BCUT2D eigenvalue weighted by Crippen LogP contribution is 2.43. The Morgan fingerprint density at radius 3 is 2.18 bits per heavy atom. The molecule has 1 aromatic heterocycles. The van der Waals surface area contributed by atoms with Crippen LogP contribution in [0.15, 0.2) is 8.26 Å². The van der Waals surface area contributed by atoms with Crippen molar-refractivity contribution in [2.75, 3.05) is 39.9 Å². The Morgan fingerprint density at radius 2 is 1.64 bits per heavy atom. The summed E-state index contributed by atoms with van der Waals surface area (Å²) in [5.74, 6) is -0.497. The topological polar surface area (TPSA) is 85.4 Å². The summed E-state index contributed by atoms with van der Waals surface area (Å²) in [7, 11) is 1.28. The molecule has 8 nitrogen and oxygen atoms in total. The molecule has 0 aliphatic carbocycles. The molecule has 1 fully saturated rings. The molecule has 1 saturated heterocycles. The maximum Gasteiger partial charge on any atom is 0.410 e. The van der Waals surface area contributed by atoms with Crippen molar-refractivity contribution in [3.05, 3.63) is 13.1 Å². The third kappa shape index (κ3) is 5.84. The van der Waals surface area contributed by atoms with Crippen molar-refractivity contribution < 1.29 is 28.6 Å². The van der Waals surface area contributed by atoms with Gasteiger partial charge in [0.1, 0.15) is 5.60 Å². The number of thiophene rings is 1. The highest BCUT2D eigenvalue weighted by Gasteiger charge is 2.29. The van der Waals surface area contributed by atoms with Crippen LogP contribution < -0.4 is 4.74 Å². The Morgan fingerprint density at radius 1 is 1.07 bits per heavy atom. The van der Waals surface area contributed by atoms with Gasteiger partial charge in [-0.05, 0) is 52.6 Å². The fraction of sp³-hybridized carbons (Fsp3) is 0.588. The number of amides is 2. The molecule has 2 heterocycles. The predicted molar refractivity (Wildman–Crippen MR) is 111 cm³/mol.